The molecule has 0 spiro atoms. The lowest BCUT2D eigenvalue weighted by molar-refractivity contribution is -0.154. The number of aliphatic hydroxyl groups is 1. The molecule has 0 amide bonds. The highest BCUT2D eigenvalue weighted by molar-refractivity contribution is 5.97. The molecular formula is C18H22O6. The van der Waals surface area contributed by atoms with Gasteiger partial charge in [-0.15, -0.1) is 0 Å². The molecule has 0 saturated carbocycles. The SMILES string of the molecule is C/C1=C\[C@@H](C)[C@@H](c2cc(O)cc(O)c2)OC(=O)C[C@H](O)[C@H](C)C1=O. The van der Waals surface area contributed by atoms with E-state index in [2.05, 4.69) is 0 Å². The van der Waals surface area contributed by atoms with Gasteiger partial charge in [0.25, 0.3) is 0 Å². The third kappa shape index (κ3) is 3.94. The average molecular weight is 334 g/mol. The molecule has 24 heavy (non-hydrogen) atoms. The average Bonchev–Trinajstić information content (AvgIpc) is 2.48. The minimum atomic E-state index is -1.13. The zero-order valence-electron chi connectivity index (χ0n) is 13.9. The number of hydrogen-bond acceptors (Lipinski definition) is 6. The molecule has 1 aromatic rings. The number of ether oxygens (including phenoxy) is 1. The molecule has 1 aliphatic rings. The van der Waals surface area contributed by atoms with Crippen molar-refractivity contribution in [2.24, 2.45) is 11.8 Å². The van der Waals surface area contributed by atoms with Crippen LogP contribution in [0.25, 0.3) is 0 Å². The normalized spacial score (nSPS) is 31.1. The summed E-state index contributed by atoms with van der Waals surface area (Å²) in [5.74, 6) is -2.23. The molecular weight excluding hydrogens is 312 g/mol. The van der Waals surface area contributed by atoms with Gasteiger partial charge in [0.1, 0.15) is 17.6 Å². The van der Waals surface area contributed by atoms with Gasteiger partial charge in [-0.3, -0.25) is 9.59 Å². The molecule has 0 radical (unpaired) electrons. The van der Waals surface area contributed by atoms with Crippen LogP contribution in [-0.2, 0) is 14.3 Å². The maximum Gasteiger partial charge on any atom is 0.309 e. The molecule has 0 saturated heterocycles. The van der Waals surface area contributed by atoms with Crippen molar-refractivity contribution in [3.05, 3.63) is 35.4 Å². The number of aliphatic hydroxyl groups excluding tert-OH is 1. The van der Waals surface area contributed by atoms with E-state index >= 15 is 0 Å². The van der Waals surface area contributed by atoms with Gasteiger partial charge in [0, 0.05) is 23.5 Å². The number of hydrogen-bond donors (Lipinski definition) is 3. The smallest absolute Gasteiger partial charge is 0.309 e. The monoisotopic (exact) mass is 334 g/mol. The fourth-order valence-corrected chi connectivity index (χ4v) is 2.90. The van der Waals surface area contributed by atoms with Gasteiger partial charge < -0.3 is 20.1 Å². The zero-order chi connectivity index (χ0) is 18.0. The van der Waals surface area contributed by atoms with Crippen LogP contribution in [0.3, 0.4) is 0 Å². The van der Waals surface area contributed by atoms with Crippen LogP contribution >= 0.6 is 0 Å². The van der Waals surface area contributed by atoms with Gasteiger partial charge in [0.15, 0.2) is 5.78 Å². The molecule has 130 valence electrons. The topological polar surface area (TPSA) is 104 Å². The summed E-state index contributed by atoms with van der Waals surface area (Å²) in [6.07, 6.45) is -0.539. The molecule has 0 unspecified atom stereocenters. The Bertz CT molecular complexity index is 658. The van der Waals surface area contributed by atoms with Gasteiger partial charge in [-0.25, -0.2) is 0 Å². The summed E-state index contributed by atoms with van der Waals surface area (Å²) >= 11 is 0. The molecule has 6 nitrogen and oxygen atoms in total. The molecule has 0 fully saturated rings. The van der Waals surface area contributed by atoms with Crippen LogP contribution in [0, 0.1) is 11.8 Å². The minimum Gasteiger partial charge on any atom is -0.508 e. The largest absolute Gasteiger partial charge is 0.508 e. The molecule has 3 N–H and O–H groups in total. The van der Waals surface area contributed by atoms with Crippen molar-refractivity contribution < 1.29 is 29.6 Å². The highest BCUT2D eigenvalue weighted by Crippen LogP contribution is 2.34. The summed E-state index contributed by atoms with van der Waals surface area (Å²) < 4.78 is 5.46. The van der Waals surface area contributed by atoms with Gasteiger partial charge in [0.05, 0.1) is 12.5 Å². The molecule has 6 heteroatoms. The van der Waals surface area contributed by atoms with E-state index in [-0.39, 0.29) is 29.6 Å². The first-order valence-electron chi connectivity index (χ1n) is 7.82. The number of rotatable bonds is 1. The summed E-state index contributed by atoms with van der Waals surface area (Å²) in [6, 6.07) is 3.96. The second-order valence-corrected chi connectivity index (χ2v) is 6.33. The van der Waals surface area contributed by atoms with E-state index in [4.69, 9.17) is 4.74 Å². The Kier molecular flexibility index (Phi) is 5.29. The molecule has 0 aliphatic carbocycles. The van der Waals surface area contributed by atoms with Gasteiger partial charge >= 0.3 is 5.97 Å². The maximum atomic E-state index is 12.3. The third-order valence-corrected chi connectivity index (χ3v) is 4.26. The lowest BCUT2D eigenvalue weighted by atomic mass is 9.88. The molecule has 0 bridgehead atoms. The molecule has 2 rings (SSSR count). The van der Waals surface area contributed by atoms with Gasteiger partial charge in [-0.1, -0.05) is 19.9 Å². The van der Waals surface area contributed by atoms with Crippen molar-refractivity contribution >= 4 is 11.8 Å². The lowest BCUT2D eigenvalue weighted by Gasteiger charge is -2.27. The summed E-state index contributed by atoms with van der Waals surface area (Å²) in [4.78, 5) is 24.4. The van der Waals surface area contributed by atoms with Crippen molar-refractivity contribution in [2.75, 3.05) is 0 Å². The molecule has 1 aromatic carbocycles. The molecule has 1 heterocycles. The third-order valence-electron chi connectivity index (χ3n) is 4.26. The van der Waals surface area contributed by atoms with E-state index in [9.17, 15) is 24.9 Å². The number of esters is 1. The molecule has 0 aromatic heterocycles. The number of phenols is 2. The van der Waals surface area contributed by atoms with Crippen LogP contribution in [0.2, 0.25) is 0 Å². The first-order chi connectivity index (χ1) is 11.2. The molecule has 4 atom stereocenters. The lowest BCUT2D eigenvalue weighted by Crippen LogP contribution is -2.31. The van der Waals surface area contributed by atoms with Crippen LogP contribution in [0.15, 0.2) is 29.8 Å². The Morgan fingerprint density at radius 1 is 1.08 bits per heavy atom. The number of phenolic OH excluding ortho intramolecular Hbond substituents is 2. The number of carbonyl (C=O) groups is 2. The van der Waals surface area contributed by atoms with Crippen LogP contribution < -0.4 is 0 Å². The van der Waals surface area contributed by atoms with E-state index in [0.717, 1.165) is 0 Å². The fourth-order valence-electron chi connectivity index (χ4n) is 2.90. The highest BCUT2D eigenvalue weighted by atomic mass is 16.5. The number of ketones is 1. The van der Waals surface area contributed by atoms with Crippen molar-refractivity contribution in [1.29, 1.82) is 0 Å². The first-order valence-corrected chi connectivity index (χ1v) is 7.82. The van der Waals surface area contributed by atoms with Crippen LogP contribution in [0.1, 0.15) is 38.9 Å². The van der Waals surface area contributed by atoms with Crippen LogP contribution in [0.4, 0.5) is 0 Å². The Hall–Kier alpha value is -2.34. The first kappa shape index (κ1) is 18.0. The fraction of sp³-hybridized carbons (Fsp3) is 0.444. The van der Waals surface area contributed by atoms with E-state index < -0.39 is 24.1 Å². The maximum absolute atomic E-state index is 12.3. The summed E-state index contributed by atoms with van der Waals surface area (Å²) in [7, 11) is 0. The van der Waals surface area contributed by atoms with Crippen molar-refractivity contribution in [3.63, 3.8) is 0 Å². The number of Topliss-reactive ketones (excluding diaryl/α,β-unsaturated/α-hetero) is 1. The highest BCUT2D eigenvalue weighted by Gasteiger charge is 2.31. The Balaban J connectivity index is 2.46. The predicted octanol–water partition coefficient (Wildman–Crippen LogP) is 2.23. The van der Waals surface area contributed by atoms with Gasteiger partial charge in [-0.05, 0) is 24.6 Å². The van der Waals surface area contributed by atoms with Crippen molar-refractivity contribution in [1.82, 2.24) is 0 Å². The standard InChI is InChI=1S/C18H22O6/c1-9-4-10(2)18(12-5-13(19)7-14(20)6-12)24-16(22)8-15(21)11(3)17(9)23/h4-7,10-11,15,18-21H,8H2,1-3H3/b9-4+/t10-,11+,15+,18+/m1/s1. The van der Waals surface area contributed by atoms with Gasteiger partial charge in [0.2, 0.25) is 0 Å². The van der Waals surface area contributed by atoms with Gasteiger partial charge in [-0.2, -0.15) is 0 Å². The summed E-state index contributed by atoms with van der Waals surface area (Å²) in [5, 5.41) is 29.4. The van der Waals surface area contributed by atoms with E-state index in [1.54, 1.807) is 26.8 Å². The second-order valence-electron chi connectivity index (χ2n) is 6.33. The Labute approximate surface area is 140 Å². The number of cyclic esters (lactones) is 1. The van der Waals surface area contributed by atoms with Crippen LogP contribution in [0.5, 0.6) is 11.5 Å². The van der Waals surface area contributed by atoms with E-state index in [1.807, 2.05) is 0 Å². The predicted molar refractivity (Wildman–Crippen MR) is 86.3 cm³/mol. The summed E-state index contributed by atoms with van der Waals surface area (Å²) in [5.41, 5.74) is 0.884. The quantitative estimate of drug-likeness (QED) is 0.680. The zero-order valence-corrected chi connectivity index (χ0v) is 13.9. The number of carbonyl (C=O) groups excluding carboxylic acids is 2. The number of benzene rings is 1. The van der Waals surface area contributed by atoms with Crippen molar-refractivity contribution in [2.45, 2.75) is 39.4 Å². The Morgan fingerprint density at radius 2 is 1.67 bits per heavy atom. The minimum absolute atomic E-state index is 0.157. The van der Waals surface area contributed by atoms with Crippen molar-refractivity contribution in [3.8, 4) is 11.5 Å². The van der Waals surface area contributed by atoms with Crippen LogP contribution in [-0.4, -0.2) is 33.2 Å². The molecule has 1 aliphatic heterocycles. The van der Waals surface area contributed by atoms with E-state index in [0.29, 0.717) is 11.1 Å². The summed E-state index contributed by atoms with van der Waals surface area (Å²) in [6.45, 7) is 5.01. The number of aromatic hydroxyl groups is 2. The second kappa shape index (κ2) is 7.05. The Morgan fingerprint density at radius 3 is 2.25 bits per heavy atom. The van der Waals surface area contributed by atoms with E-state index in [1.165, 1.54) is 18.2 Å². The number of allylic oxidation sites excluding steroid dienone is 1.